The van der Waals surface area contributed by atoms with Crippen molar-refractivity contribution in [3.05, 3.63) is 182 Å². The third-order valence-electron chi connectivity index (χ3n) is 9.38. The maximum absolute atomic E-state index is 2.46. The van der Waals surface area contributed by atoms with Crippen LogP contribution < -0.4 is 10.4 Å². The van der Waals surface area contributed by atoms with Gasteiger partial charge < -0.3 is 0 Å². The molecule has 0 saturated carbocycles. The van der Waals surface area contributed by atoms with Crippen LogP contribution in [0, 0.1) is 0 Å². The molecule has 0 spiro atoms. The molecule has 0 saturated heterocycles. The van der Waals surface area contributed by atoms with Gasteiger partial charge in [0.25, 0.3) is 0 Å². The van der Waals surface area contributed by atoms with Crippen LogP contribution in [0.1, 0.15) is 0 Å². The number of hydrogen-bond donors (Lipinski definition) is 0. The molecule has 9 rings (SSSR count). The van der Waals surface area contributed by atoms with E-state index in [4.69, 9.17) is 0 Å². The molecule has 9 aromatic rings. The zero-order valence-electron chi connectivity index (χ0n) is 25.8. The van der Waals surface area contributed by atoms with E-state index in [9.17, 15) is 0 Å². The molecule has 0 heterocycles. The third kappa shape index (κ3) is 4.84. The Labute approximate surface area is 277 Å². The molecule has 0 aliphatic carbocycles. The smallest absolute Gasteiger partial charge is 0.0631 e. The third-order valence-corrected chi connectivity index (χ3v) is 10.6. The predicted molar refractivity (Wildman–Crippen MR) is 204 cm³/mol. The molecular formula is C46H30Si. The first-order chi connectivity index (χ1) is 23.3. The number of rotatable bonds is 5. The Bertz CT molecular complexity index is 2580. The molecular weight excluding hydrogens is 581 g/mol. The average molecular weight is 611 g/mol. The molecule has 0 atom stereocenters. The summed E-state index contributed by atoms with van der Waals surface area (Å²) in [5, 5.41) is 13.0. The summed E-state index contributed by atoms with van der Waals surface area (Å²) in [5.74, 6) is 0. The maximum atomic E-state index is 2.46. The van der Waals surface area contributed by atoms with E-state index in [0.717, 1.165) is 0 Å². The Morgan fingerprint density at radius 2 is 0.851 bits per heavy atom. The van der Waals surface area contributed by atoms with Crippen LogP contribution in [-0.4, -0.2) is 9.52 Å². The van der Waals surface area contributed by atoms with E-state index in [-0.39, 0.29) is 0 Å². The van der Waals surface area contributed by atoms with Crippen molar-refractivity contribution in [1.82, 2.24) is 0 Å². The number of benzene rings is 9. The highest BCUT2D eigenvalue weighted by atomic mass is 28.2. The predicted octanol–water partition coefficient (Wildman–Crippen LogP) is 11.0. The van der Waals surface area contributed by atoms with Crippen LogP contribution in [0.5, 0.6) is 0 Å². The fraction of sp³-hybridized carbons (Fsp3) is 0. The molecule has 9 aromatic carbocycles. The van der Waals surface area contributed by atoms with Gasteiger partial charge in [-0.05, 0) is 88.6 Å². The molecule has 0 aliphatic heterocycles. The summed E-state index contributed by atoms with van der Waals surface area (Å²) in [5.41, 5.74) is 7.57. The van der Waals surface area contributed by atoms with E-state index in [1.54, 1.807) is 0 Å². The quantitative estimate of drug-likeness (QED) is 0.103. The summed E-state index contributed by atoms with van der Waals surface area (Å²) >= 11 is 0. The summed E-state index contributed by atoms with van der Waals surface area (Å²) < 4.78 is 0. The largest absolute Gasteiger partial charge is 0.121 e. The van der Waals surface area contributed by atoms with Crippen molar-refractivity contribution in [3.63, 3.8) is 0 Å². The summed E-state index contributed by atoms with van der Waals surface area (Å²) in [6.07, 6.45) is 0. The van der Waals surface area contributed by atoms with Crippen LogP contribution in [0.25, 0.3) is 76.5 Å². The zero-order chi connectivity index (χ0) is 31.2. The van der Waals surface area contributed by atoms with Gasteiger partial charge in [-0.2, -0.15) is 0 Å². The van der Waals surface area contributed by atoms with Crippen molar-refractivity contribution in [2.45, 2.75) is 0 Å². The molecule has 0 amide bonds. The second-order valence-electron chi connectivity index (χ2n) is 12.2. The van der Waals surface area contributed by atoms with Crippen molar-refractivity contribution in [1.29, 1.82) is 0 Å². The van der Waals surface area contributed by atoms with E-state index in [2.05, 4.69) is 182 Å². The molecule has 2 radical (unpaired) electrons. The molecule has 0 fully saturated rings. The normalized spacial score (nSPS) is 11.5. The fourth-order valence-electron chi connectivity index (χ4n) is 7.29. The molecule has 0 aliphatic rings. The van der Waals surface area contributed by atoms with Crippen molar-refractivity contribution >= 4 is 63.0 Å². The average Bonchev–Trinajstić information content (AvgIpc) is 3.14. The fourth-order valence-corrected chi connectivity index (χ4v) is 8.37. The van der Waals surface area contributed by atoms with Crippen LogP contribution in [-0.2, 0) is 0 Å². The highest BCUT2D eigenvalue weighted by Gasteiger charge is 2.20. The van der Waals surface area contributed by atoms with Gasteiger partial charge in [0.15, 0.2) is 0 Å². The van der Waals surface area contributed by atoms with Crippen molar-refractivity contribution in [3.8, 4) is 33.4 Å². The zero-order valence-corrected chi connectivity index (χ0v) is 26.8. The van der Waals surface area contributed by atoms with Gasteiger partial charge in [0.05, 0.1) is 0 Å². The highest BCUT2D eigenvalue weighted by molar-refractivity contribution is 6.67. The first-order valence-electron chi connectivity index (χ1n) is 16.2. The van der Waals surface area contributed by atoms with Gasteiger partial charge in [0.1, 0.15) is 9.52 Å². The molecule has 47 heavy (non-hydrogen) atoms. The minimum absolute atomic E-state index is 0.581. The monoisotopic (exact) mass is 610 g/mol. The lowest BCUT2D eigenvalue weighted by molar-refractivity contribution is 1.61. The van der Waals surface area contributed by atoms with Crippen molar-refractivity contribution < 1.29 is 0 Å². The van der Waals surface area contributed by atoms with Crippen LogP contribution in [0.3, 0.4) is 0 Å². The molecule has 1 heteroatoms. The second-order valence-corrected chi connectivity index (χ2v) is 13.6. The molecule has 0 nitrogen and oxygen atoms in total. The first kappa shape index (κ1) is 27.5. The van der Waals surface area contributed by atoms with Crippen LogP contribution in [0.2, 0.25) is 0 Å². The van der Waals surface area contributed by atoms with E-state index in [0.29, 0.717) is 9.52 Å². The van der Waals surface area contributed by atoms with E-state index >= 15 is 0 Å². The number of hydrogen-bond acceptors (Lipinski definition) is 0. The van der Waals surface area contributed by atoms with Crippen LogP contribution in [0.15, 0.2) is 182 Å². The van der Waals surface area contributed by atoms with Gasteiger partial charge in [0, 0.05) is 0 Å². The van der Waals surface area contributed by atoms with Gasteiger partial charge >= 0.3 is 0 Å². The first-order valence-corrected chi connectivity index (χ1v) is 17.2. The Kier molecular flexibility index (Phi) is 6.77. The summed E-state index contributed by atoms with van der Waals surface area (Å²) in [7, 11) is 0.581. The van der Waals surface area contributed by atoms with Crippen LogP contribution in [0.4, 0.5) is 0 Å². The molecule has 218 valence electrons. The second kappa shape index (κ2) is 11.5. The summed E-state index contributed by atoms with van der Waals surface area (Å²) in [6, 6.07) is 67.0. The minimum atomic E-state index is 0.581. The van der Waals surface area contributed by atoms with Gasteiger partial charge in [-0.1, -0.05) is 180 Å². The lowest BCUT2D eigenvalue weighted by Crippen LogP contribution is -2.26. The van der Waals surface area contributed by atoms with E-state index in [1.807, 2.05) is 0 Å². The van der Waals surface area contributed by atoms with Crippen LogP contribution >= 0.6 is 0 Å². The van der Waals surface area contributed by atoms with Crippen molar-refractivity contribution in [2.24, 2.45) is 0 Å². The Hall–Kier alpha value is -5.76. The van der Waals surface area contributed by atoms with Gasteiger partial charge in [-0.25, -0.2) is 0 Å². The van der Waals surface area contributed by atoms with E-state index < -0.39 is 0 Å². The number of fused-ring (bicyclic) bond motifs is 5. The molecule has 0 N–H and O–H groups in total. The SMILES string of the molecule is c1ccc([Si]c2ccc3c(-c4cc5ccccc5c5ccccc45)c4ccccc4c(-c4cccc(-c5ccccc5)c4)c3c2)cc1. The Balaban J connectivity index is 1.40. The standard InChI is InChI=1S/C46H30Si/c1-3-14-31(15-4-1)32-17-13-18-34(28-32)45-40-24-11-12-25-41(40)46(42-27-26-36(30-44(42)45)47-35-19-5-2-6-20-35)43-29-33-16-7-8-21-37(33)38-22-9-10-23-39(38)43/h1-30H. The molecule has 0 unspecified atom stereocenters. The lowest BCUT2D eigenvalue weighted by atomic mass is 9.83. The Morgan fingerprint density at radius 3 is 1.64 bits per heavy atom. The summed E-state index contributed by atoms with van der Waals surface area (Å²) in [4.78, 5) is 0. The highest BCUT2D eigenvalue weighted by Crippen LogP contribution is 2.46. The maximum Gasteiger partial charge on any atom is 0.121 e. The Morgan fingerprint density at radius 1 is 0.277 bits per heavy atom. The van der Waals surface area contributed by atoms with Crippen molar-refractivity contribution in [2.75, 3.05) is 0 Å². The minimum Gasteiger partial charge on any atom is -0.0631 e. The van der Waals surface area contributed by atoms with Gasteiger partial charge in [-0.15, -0.1) is 0 Å². The topological polar surface area (TPSA) is 0 Å². The lowest BCUT2D eigenvalue weighted by Gasteiger charge is -2.20. The van der Waals surface area contributed by atoms with Gasteiger partial charge in [0.2, 0.25) is 0 Å². The van der Waals surface area contributed by atoms with E-state index in [1.165, 1.54) is 86.8 Å². The summed E-state index contributed by atoms with van der Waals surface area (Å²) in [6.45, 7) is 0. The van der Waals surface area contributed by atoms with Gasteiger partial charge in [-0.3, -0.25) is 0 Å². The molecule has 0 aromatic heterocycles. The molecule has 0 bridgehead atoms.